The number of rotatable bonds is 0. The lowest BCUT2D eigenvalue weighted by Gasteiger charge is -1.77. The van der Waals surface area contributed by atoms with Gasteiger partial charge in [0.25, 0.3) is 0 Å². The molecule has 0 heterocycles. The van der Waals surface area contributed by atoms with Crippen molar-refractivity contribution in [3.05, 3.63) is 0 Å². The summed E-state index contributed by atoms with van der Waals surface area (Å²) in [5, 5.41) is 7.82. The summed E-state index contributed by atoms with van der Waals surface area (Å²) in [5.41, 5.74) is -0.694. The van der Waals surface area contributed by atoms with E-state index >= 15 is 0 Å². The molecule has 0 aromatic heterocycles. The summed E-state index contributed by atoms with van der Waals surface area (Å²) in [4.78, 5) is 14.2. The Balaban J connectivity index is 0. The van der Waals surface area contributed by atoms with Crippen LogP contribution in [0.5, 0.6) is 0 Å². The molecule has 3 N–H and O–H groups in total. The van der Waals surface area contributed by atoms with Crippen molar-refractivity contribution in [2.24, 2.45) is 0 Å². The third-order valence-corrected chi connectivity index (χ3v) is 0. The fraction of sp³-hybridized carbons (Fsp3) is 1.00. The minimum absolute atomic E-state index is 0.694. The fourth-order valence-corrected chi connectivity index (χ4v) is 0. The first-order chi connectivity index (χ1) is 3.46. The number of alkyl halides is 1. The summed E-state index contributed by atoms with van der Waals surface area (Å²) in [6.45, 7) is 1.49. The van der Waals surface area contributed by atoms with Crippen LogP contribution in [0.25, 0.3) is 0 Å². The molecule has 0 aliphatic rings. The Hall–Kier alpha value is 0.270. The normalized spacial score (nSPS) is 11.1. The van der Waals surface area contributed by atoms with E-state index in [9.17, 15) is 0 Å². The Morgan fingerprint density at radius 2 is 1.62 bits per heavy atom. The number of hydrogen-bond donors (Lipinski definition) is 3. The van der Waals surface area contributed by atoms with Crippen LogP contribution in [-0.4, -0.2) is 20.5 Å². The topological polar surface area (TPSA) is 77.8 Å². The predicted molar refractivity (Wildman–Crippen MR) is 29.6 cm³/mol. The van der Waals surface area contributed by atoms with Gasteiger partial charge >= 0.3 is 8.25 Å². The highest BCUT2D eigenvalue weighted by atomic mass is 35.5. The molecule has 0 fully saturated rings. The Kier molecular flexibility index (Phi) is 10.1. The summed E-state index contributed by atoms with van der Waals surface area (Å²) in [5.74, 6) is 0. The van der Waals surface area contributed by atoms with Gasteiger partial charge in [0, 0.05) is 4.57 Å². The van der Waals surface area contributed by atoms with Crippen molar-refractivity contribution in [2.75, 3.05) is 0 Å². The second kappa shape index (κ2) is 7.27. The lowest BCUT2D eigenvalue weighted by molar-refractivity contribution is 0.277. The van der Waals surface area contributed by atoms with Crippen molar-refractivity contribution >= 4 is 19.9 Å². The van der Waals surface area contributed by atoms with Crippen molar-refractivity contribution < 1.29 is 19.5 Å². The quantitative estimate of drug-likeness (QED) is 0.350. The van der Waals surface area contributed by atoms with E-state index in [1.807, 2.05) is 0 Å². The number of aliphatic hydroxyl groups is 1. The zero-order valence-corrected chi connectivity index (χ0v) is 5.80. The van der Waals surface area contributed by atoms with Gasteiger partial charge in [0.05, 0.1) is 0 Å². The number of halogens is 1. The van der Waals surface area contributed by atoms with E-state index in [2.05, 4.69) is 0 Å². The summed E-state index contributed by atoms with van der Waals surface area (Å²) in [7, 11) is -2.87. The molecule has 50 valence electrons. The zero-order valence-electron chi connectivity index (χ0n) is 4.15. The zero-order chi connectivity index (χ0) is 7.15. The minimum atomic E-state index is -2.87. The molecule has 1 unspecified atom stereocenters. The summed E-state index contributed by atoms with van der Waals surface area (Å²) in [6.07, 6.45) is 0. The molecule has 0 aliphatic carbocycles. The Morgan fingerprint density at radius 3 is 1.62 bits per heavy atom. The van der Waals surface area contributed by atoms with Crippen LogP contribution >= 0.6 is 19.9 Å². The maximum atomic E-state index is 8.70. The lowest BCUT2D eigenvalue weighted by Crippen LogP contribution is -1.79. The molecule has 4 nitrogen and oxygen atoms in total. The second-order valence-corrected chi connectivity index (χ2v) is 1.96. The molecule has 0 aromatic carbocycles. The van der Waals surface area contributed by atoms with Gasteiger partial charge in [-0.2, -0.15) is 0 Å². The van der Waals surface area contributed by atoms with Crippen LogP contribution < -0.4 is 0 Å². The highest BCUT2D eigenvalue weighted by Crippen LogP contribution is 1.98. The molecular formula is C2H7ClO4P+. The first kappa shape index (κ1) is 11.1. The SMILES string of the molecule is CC(O)Cl.O=[P+](O)O. The van der Waals surface area contributed by atoms with Gasteiger partial charge in [0.1, 0.15) is 5.56 Å². The van der Waals surface area contributed by atoms with E-state index in [-0.39, 0.29) is 0 Å². The van der Waals surface area contributed by atoms with E-state index in [1.54, 1.807) is 0 Å². The van der Waals surface area contributed by atoms with Gasteiger partial charge in [-0.05, 0) is 6.92 Å². The highest BCUT2D eigenvalue weighted by molar-refractivity contribution is 7.30. The second-order valence-electron chi connectivity index (χ2n) is 0.827. The van der Waals surface area contributed by atoms with Crippen LogP contribution in [-0.2, 0) is 4.57 Å². The summed E-state index contributed by atoms with van der Waals surface area (Å²) in [6, 6.07) is 0. The number of hydrogen-bond acceptors (Lipinski definition) is 2. The van der Waals surface area contributed by atoms with Gasteiger partial charge in [-0.1, -0.05) is 11.6 Å². The van der Waals surface area contributed by atoms with Gasteiger partial charge in [0.2, 0.25) is 0 Å². The molecule has 0 bridgehead atoms. The molecule has 0 aromatic rings. The first-order valence-electron chi connectivity index (χ1n) is 1.64. The minimum Gasteiger partial charge on any atom is -0.378 e. The van der Waals surface area contributed by atoms with Crippen LogP contribution in [0.2, 0.25) is 0 Å². The largest absolute Gasteiger partial charge is 0.692 e. The van der Waals surface area contributed by atoms with E-state index in [0.717, 1.165) is 0 Å². The van der Waals surface area contributed by atoms with Crippen molar-refractivity contribution in [3.8, 4) is 0 Å². The fourth-order valence-electron chi connectivity index (χ4n) is 0. The predicted octanol–water partition coefficient (Wildman–Crippen LogP) is 0.192. The van der Waals surface area contributed by atoms with Gasteiger partial charge in [0.15, 0.2) is 0 Å². The smallest absolute Gasteiger partial charge is 0.378 e. The van der Waals surface area contributed by atoms with Crippen molar-refractivity contribution in [1.82, 2.24) is 0 Å². The van der Waals surface area contributed by atoms with Crippen LogP contribution in [0, 0.1) is 0 Å². The standard InChI is InChI=1S/C2H5ClO.HO3P/c1-2(3)4;1-4(2)3/h2,4H,1H3;(H-,1,2,3)/p+1. The first-order valence-corrected chi connectivity index (χ1v) is 3.24. The van der Waals surface area contributed by atoms with Gasteiger partial charge in [-0.25, -0.2) is 0 Å². The van der Waals surface area contributed by atoms with Crippen molar-refractivity contribution in [1.29, 1.82) is 0 Å². The maximum absolute atomic E-state index is 8.70. The van der Waals surface area contributed by atoms with E-state index in [0.29, 0.717) is 0 Å². The molecule has 0 spiro atoms. The number of aliphatic hydroxyl groups excluding tert-OH is 1. The van der Waals surface area contributed by atoms with E-state index in [4.69, 9.17) is 31.1 Å². The van der Waals surface area contributed by atoms with Gasteiger partial charge in [-0.3, -0.25) is 0 Å². The Bertz CT molecular complexity index is 58.3. The highest BCUT2D eigenvalue weighted by Gasteiger charge is 1.93. The third kappa shape index (κ3) is 2390. The molecule has 0 saturated carbocycles. The lowest BCUT2D eigenvalue weighted by atomic mass is 10.9. The monoisotopic (exact) mass is 161 g/mol. The molecule has 8 heavy (non-hydrogen) atoms. The van der Waals surface area contributed by atoms with Gasteiger partial charge < -0.3 is 5.11 Å². The molecule has 0 amide bonds. The van der Waals surface area contributed by atoms with Crippen molar-refractivity contribution in [3.63, 3.8) is 0 Å². The Morgan fingerprint density at radius 1 is 1.62 bits per heavy atom. The van der Waals surface area contributed by atoms with E-state index in [1.165, 1.54) is 6.92 Å². The van der Waals surface area contributed by atoms with Crippen LogP contribution in [0.4, 0.5) is 0 Å². The average Bonchev–Trinajstić information content (AvgIpc) is 1.25. The molecule has 0 radical (unpaired) electrons. The summed E-state index contributed by atoms with van der Waals surface area (Å²) >= 11 is 4.83. The van der Waals surface area contributed by atoms with Crippen molar-refractivity contribution in [2.45, 2.75) is 12.5 Å². The van der Waals surface area contributed by atoms with Crippen LogP contribution in [0.1, 0.15) is 6.92 Å². The molecule has 0 rings (SSSR count). The molecule has 0 aliphatic heterocycles. The van der Waals surface area contributed by atoms with Gasteiger partial charge in [-0.15, -0.1) is 9.79 Å². The van der Waals surface area contributed by atoms with E-state index < -0.39 is 13.8 Å². The van der Waals surface area contributed by atoms with Crippen LogP contribution in [0.15, 0.2) is 0 Å². The maximum Gasteiger partial charge on any atom is 0.692 e. The molecular weight excluding hydrogens is 154 g/mol. The Labute approximate surface area is 52.7 Å². The molecule has 6 heteroatoms. The summed E-state index contributed by atoms with van der Waals surface area (Å²) < 4.78 is 8.70. The van der Waals surface area contributed by atoms with Crippen LogP contribution in [0.3, 0.4) is 0 Å². The third-order valence-electron chi connectivity index (χ3n) is 0. The molecule has 0 saturated heterocycles. The average molecular weight is 162 g/mol. The molecule has 1 atom stereocenters.